The molecular formula is C17H22N2O3. The van der Waals surface area contributed by atoms with Gasteiger partial charge in [-0.3, -0.25) is 9.59 Å². The van der Waals surface area contributed by atoms with Crippen LogP contribution in [0.3, 0.4) is 0 Å². The minimum atomic E-state index is -0.502. The van der Waals surface area contributed by atoms with Crippen LogP contribution in [0.15, 0.2) is 24.3 Å². The smallest absolute Gasteiger partial charge is 0.325 e. The van der Waals surface area contributed by atoms with Crippen LogP contribution in [0, 0.1) is 11.3 Å². The second-order valence-corrected chi connectivity index (χ2v) is 5.99. The summed E-state index contributed by atoms with van der Waals surface area (Å²) >= 11 is 0. The average Bonchev–Trinajstić information content (AvgIpc) is 2.48. The number of carbonyl (C=O) groups is 2. The van der Waals surface area contributed by atoms with E-state index in [1.165, 1.54) is 0 Å². The molecule has 0 unspecified atom stereocenters. The van der Waals surface area contributed by atoms with Gasteiger partial charge in [-0.05, 0) is 29.5 Å². The van der Waals surface area contributed by atoms with E-state index in [4.69, 9.17) is 10.00 Å². The highest BCUT2D eigenvalue weighted by molar-refractivity contribution is 5.95. The van der Waals surface area contributed by atoms with Gasteiger partial charge in [0.1, 0.15) is 6.54 Å². The van der Waals surface area contributed by atoms with Gasteiger partial charge in [-0.15, -0.1) is 0 Å². The molecule has 1 aromatic rings. The van der Waals surface area contributed by atoms with Crippen LogP contribution in [0.2, 0.25) is 0 Å². The van der Waals surface area contributed by atoms with E-state index in [9.17, 15) is 9.59 Å². The Morgan fingerprint density at radius 3 is 2.41 bits per heavy atom. The quantitative estimate of drug-likeness (QED) is 0.647. The molecule has 5 heteroatoms. The Bertz CT molecular complexity index is 551. The Hall–Kier alpha value is -2.35. The molecule has 0 aliphatic rings. The molecule has 0 aliphatic carbocycles. The van der Waals surface area contributed by atoms with Gasteiger partial charge in [0.15, 0.2) is 0 Å². The van der Waals surface area contributed by atoms with Crippen molar-refractivity contribution >= 4 is 11.9 Å². The number of ether oxygens (including phenoxy) is 1. The summed E-state index contributed by atoms with van der Waals surface area (Å²) in [6.07, 6.45) is 0.851. The lowest BCUT2D eigenvalue weighted by molar-refractivity contribution is -0.142. The largest absolute Gasteiger partial charge is 0.464 e. The third kappa shape index (κ3) is 5.96. The Morgan fingerprint density at radius 1 is 1.23 bits per heavy atom. The number of unbranched alkanes of at least 4 members (excludes halogenated alkanes) is 1. The maximum absolute atomic E-state index is 11.9. The highest BCUT2D eigenvalue weighted by Gasteiger charge is 2.14. The van der Waals surface area contributed by atoms with Crippen molar-refractivity contribution in [2.45, 2.75) is 39.0 Å². The lowest BCUT2D eigenvalue weighted by Crippen LogP contribution is -2.30. The number of nitriles is 1. The van der Waals surface area contributed by atoms with Crippen molar-refractivity contribution in [3.8, 4) is 6.07 Å². The van der Waals surface area contributed by atoms with Crippen LogP contribution in [0.5, 0.6) is 0 Å². The molecule has 0 saturated heterocycles. The fourth-order valence-corrected chi connectivity index (χ4v) is 1.76. The van der Waals surface area contributed by atoms with Gasteiger partial charge in [0.05, 0.1) is 12.7 Å². The van der Waals surface area contributed by atoms with Crippen molar-refractivity contribution in [1.82, 2.24) is 5.32 Å². The van der Waals surface area contributed by atoms with Crippen LogP contribution >= 0.6 is 0 Å². The summed E-state index contributed by atoms with van der Waals surface area (Å²) in [5, 5.41) is 10.9. The van der Waals surface area contributed by atoms with E-state index in [2.05, 4.69) is 26.1 Å². The number of carbonyl (C=O) groups excluding carboxylic acids is 2. The number of esters is 1. The van der Waals surface area contributed by atoms with Crippen molar-refractivity contribution in [3.63, 3.8) is 0 Å². The minimum absolute atomic E-state index is 0.0300. The molecule has 0 aliphatic heterocycles. The SMILES string of the molecule is CC(C)(C)c1ccc(C(=O)NCC(=O)OCCCC#N)cc1. The van der Waals surface area contributed by atoms with Crippen LogP contribution in [0.1, 0.15) is 49.5 Å². The minimum Gasteiger partial charge on any atom is -0.464 e. The second-order valence-electron chi connectivity index (χ2n) is 5.99. The highest BCUT2D eigenvalue weighted by atomic mass is 16.5. The van der Waals surface area contributed by atoms with Gasteiger partial charge in [-0.2, -0.15) is 5.26 Å². The van der Waals surface area contributed by atoms with Crippen LogP contribution in [-0.2, 0) is 14.9 Å². The van der Waals surface area contributed by atoms with Crippen molar-refractivity contribution < 1.29 is 14.3 Å². The third-order valence-corrected chi connectivity index (χ3v) is 3.10. The molecule has 0 spiro atoms. The molecule has 1 N–H and O–H groups in total. The average molecular weight is 302 g/mol. The van der Waals surface area contributed by atoms with Gasteiger partial charge in [-0.25, -0.2) is 0 Å². The van der Waals surface area contributed by atoms with Crippen LogP contribution in [0.25, 0.3) is 0 Å². The van der Waals surface area contributed by atoms with Gasteiger partial charge in [-0.1, -0.05) is 32.9 Å². The Kier molecular flexibility index (Phi) is 6.58. The summed E-state index contributed by atoms with van der Waals surface area (Å²) < 4.78 is 4.89. The second kappa shape index (κ2) is 8.18. The Balaban J connectivity index is 2.42. The maximum Gasteiger partial charge on any atom is 0.325 e. The third-order valence-electron chi connectivity index (χ3n) is 3.10. The maximum atomic E-state index is 11.9. The molecular weight excluding hydrogens is 280 g/mol. The highest BCUT2D eigenvalue weighted by Crippen LogP contribution is 2.22. The number of hydrogen-bond donors (Lipinski definition) is 1. The molecule has 1 rings (SSSR count). The first kappa shape index (κ1) is 17.7. The van der Waals surface area contributed by atoms with Crippen LogP contribution < -0.4 is 5.32 Å². The molecule has 0 fully saturated rings. The van der Waals surface area contributed by atoms with Crippen molar-refractivity contribution in [3.05, 3.63) is 35.4 Å². The summed E-state index contributed by atoms with van der Waals surface area (Å²) in [4.78, 5) is 23.3. The fraction of sp³-hybridized carbons (Fsp3) is 0.471. The van der Waals surface area contributed by atoms with Gasteiger partial charge in [0.2, 0.25) is 0 Å². The molecule has 0 radical (unpaired) electrons. The molecule has 0 saturated carbocycles. The van der Waals surface area contributed by atoms with Crippen LogP contribution in [0.4, 0.5) is 0 Å². The topological polar surface area (TPSA) is 79.2 Å². The first-order valence-electron chi connectivity index (χ1n) is 7.26. The predicted molar refractivity (Wildman–Crippen MR) is 83.3 cm³/mol. The molecule has 0 heterocycles. The summed E-state index contributed by atoms with van der Waals surface area (Å²) in [5.74, 6) is -0.813. The summed E-state index contributed by atoms with van der Waals surface area (Å²) in [5.41, 5.74) is 1.67. The molecule has 0 aromatic heterocycles. The van der Waals surface area contributed by atoms with Gasteiger partial charge in [0, 0.05) is 12.0 Å². The number of nitrogens with zero attached hydrogens (tertiary/aromatic N) is 1. The molecule has 1 aromatic carbocycles. The lowest BCUT2D eigenvalue weighted by atomic mass is 9.87. The van der Waals surface area contributed by atoms with Gasteiger partial charge in [0.25, 0.3) is 5.91 Å². The van der Waals surface area contributed by atoms with Crippen molar-refractivity contribution in [1.29, 1.82) is 5.26 Å². The number of amides is 1. The Morgan fingerprint density at radius 2 is 1.86 bits per heavy atom. The van der Waals surface area contributed by atoms with Crippen molar-refractivity contribution in [2.75, 3.05) is 13.2 Å². The standard InChI is InChI=1S/C17H22N2O3/c1-17(2,3)14-8-6-13(7-9-14)16(21)19-12-15(20)22-11-5-4-10-18/h6-9H,4-5,11-12H2,1-3H3,(H,19,21). The fourth-order valence-electron chi connectivity index (χ4n) is 1.76. The zero-order chi connectivity index (χ0) is 16.6. The molecule has 0 atom stereocenters. The first-order valence-corrected chi connectivity index (χ1v) is 7.26. The van der Waals surface area contributed by atoms with Crippen molar-refractivity contribution in [2.24, 2.45) is 0 Å². The predicted octanol–water partition coefficient (Wildman–Crippen LogP) is 2.56. The van der Waals surface area contributed by atoms with Gasteiger partial charge >= 0.3 is 5.97 Å². The van der Waals surface area contributed by atoms with E-state index in [1.807, 2.05) is 18.2 Å². The normalized spacial score (nSPS) is 10.6. The molecule has 5 nitrogen and oxygen atoms in total. The zero-order valence-corrected chi connectivity index (χ0v) is 13.3. The van der Waals surface area contributed by atoms with Crippen LogP contribution in [-0.4, -0.2) is 25.0 Å². The number of nitrogens with one attached hydrogen (secondary N) is 1. The van der Waals surface area contributed by atoms with E-state index >= 15 is 0 Å². The van der Waals surface area contributed by atoms with E-state index in [1.54, 1.807) is 12.1 Å². The molecule has 0 bridgehead atoms. The number of benzene rings is 1. The summed E-state index contributed by atoms with van der Waals surface area (Å²) in [6, 6.07) is 9.28. The summed E-state index contributed by atoms with van der Waals surface area (Å²) in [6.45, 7) is 6.33. The monoisotopic (exact) mass is 302 g/mol. The number of hydrogen-bond acceptors (Lipinski definition) is 4. The van der Waals surface area contributed by atoms with E-state index in [-0.39, 0.29) is 24.5 Å². The zero-order valence-electron chi connectivity index (χ0n) is 13.3. The molecule has 22 heavy (non-hydrogen) atoms. The molecule has 1 amide bonds. The Labute approximate surface area is 131 Å². The summed E-state index contributed by atoms with van der Waals surface area (Å²) in [7, 11) is 0. The first-order chi connectivity index (χ1) is 10.3. The lowest BCUT2D eigenvalue weighted by Gasteiger charge is -2.19. The van der Waals surface area contributed by atoms with E-state index in [0.29, 0.717) is 18.4 Å². The van der Waals surface area contributed by atoms with E-state index < -0.39 is 5.97 Å². The van der Waals surface area contributed by atoms with E-state index in [0.717, 1.165) is 5.56 Å². The molecule has 118 valence electrons. The van der Waals surface area contributed by atoms with Gasteiger partial charge < -0.3 is 10.1 Å². The number of rotatable bonds is 6.